The molecule has 0 bridgehead atoms. The lowest BCUT2D eigenvalue weighted by Gasteiger charge is -2.44. The Kier molecular flexibility index (Phi) is 5.69. The van der Waals surface area contributed by atoms with E-state index < -0.39 is 0 Å². The van der Waals surface area contributed by atoms with E-state index in [1.165, 1.54) is 38.7 Å². The lowest BCUT2D eigenvalue weighted by molar-refractivity contribution is 0.286. The average molecular weight is 625 g/mol. The van der Waals surface area contributed by atoms with E-state index in [-0.39, 0.29) is 17.7 Å². The number of anilines is 1. The Balaban J connectivity index is 1.29. The summed E-state index contributed by atoms with van der Waals surface area (Å²) >= 11 is 0. The predicted octanol–water partition coefficient (Wildman–Crippen LogP) is 9.42. The summed E-state index contributed by atoms with van der Waals surface area (Å²) in [5.41, 5.74) is 8.16. The molecule has 0 N–H and O–H groups in total. The van der Waals surface area contributed by atoms with Gasteiger partial charge in [-0.3, -0.25) is 4.57 Å². The van der Waals surface area contributed by atoms with E-state index in [2.05, 4.69) is 173 Å². The van der Waals surface area contributed by atoms with Gasteiger partial charge in [-0.25, -0.2) is 4.99 Å². The largest absolute Gasteiger partial charge is 0.305 e. The smallest absolute Gasteiger partial charge is 0.236 e. The number of hydrogen-bond acceptors (Lipinski definition) is 4. The molecule has 2 aromatic heterocycles. The first-order valence-electron chi connectivity index (χ1n) is 17.0. The zero-order valence-electron chi connectivity index (χ0n) is 27.3. The summed E-state index contributed by atoms with van der Waals surface area (Å²) in [5.74, 6) is 2.13. The minimum atomic E-state index is -0.388. The molecule has 2 aliphatic heterocycles. The SMILES string of the molecule is CC1CC=Cc2c1n(C1=NC(n3c4ccccc4c4ccccc43)N(C)C(N3c4ccccc4C4C=CC=CC43C)=N1)c1ccccc21. The fourth-order valence-electron chi connectivity index (χ4n) is 8.79. The van der Waals surface area contributed by atoms with Crippen LogP contribution in [0.5, 0.6) is 0 Å². The number of fused-ring (bicyclic) bond motifs is 9. The molecule has 2 aliphatic carbocycles. The van der Waals surface area contributed by atoms with E-state index in [0.717, 1.165) is 34.9 Å². The van der Waals surface area contributed by atoms with Crippen LogP contribution in [0.15, 0.2) is 137 Å². The number of para-hydroxylation sites is 4. The van der Waals surface area contributed by atoms with Gasteiger partial charge >= 0.3 is 0 Å². The second kappa shape index (κ2) is 9.94. The normalized spacial score (nSPS) is 24.3. The maximum atomic E-state index is 5.64. The van der Waals surface area contributed by atoms with Gasteiger partial charge in [0.05, 0.1) is 22.1 Å². The second-order valence-corrected chi connectivity index (χ2v) is 13.7. The van der Waals surface area contributed by atoms with Gasteiger partial charge in [0.15, 0.2) is 0 Å². The molecule has 4 atom stereocenters. The number of hydrogen-bond donors (Lipinski definition) is 0. The Bertz CT molecular complexity index is 2420. The van der Waals surface area contributed by atoms with Crippen LogP contribution in [0.1, 0.15) is 55.2 Å². The molecule has 48 heavy (non-hydrogen) atoms. The zero-order chi connectivity index (χ0) is 32.1. The molecule has 0 saturated carbocycles. The van der Waals surface area contributed by atoms with Crippen molar-refractivity contribution in [2.45, 2.75) is 43.9 Å². The molecule has 6 heteroatoms. The van der Waals surface area contributed by atoms with Crippen LogP contribution in [0.25, 0.3) is 38.8 Å². The fourth-order valence-corrected chi connectivity index (χ4v) is 8.79. The minimum Gasteiger partial charge on any atom is -0.305 e. The van der Waals surface area contributed by atoms with Crippen molar-refractivity contribution in [3.05, 3.63) is 144 Å². The van der Waals surface area contributed by atoms with Crippen LogP contribution in [-0.2, 0) is 0 Å². The van der Waals surface area contributed by atoms with Crippen LogP contribution in [0.4, 0.5) is 5.69 Å². The first kappa shape index (κ1) is 27.5. The Labute approximate surface area is 279 Å². The van der Waals surface area contributed by atoms with Crippen molar-refractivity contribution in [3.63, 3.8) is 0 Å². The molecular weight excluding hydrogens is 589 g/mol. The molecule has 6 nitrogen and oxygen atoms in total. The standard InChI is InChI=1S/C42H36N6/c1-27-15-14-20-31-30-18-6-10-24-36(30)47(38(27)31)39-43-40(46-34-22-8-4-16-28(34)29-17-5-9-23-35(29)46)45(3)41(44-39)48-37-25-11-7-19-32(37)33-21-12-13-26-42(33,48)2/h4-14,16-27,33,40H,15H2,1-3H3. The van der Waals surface area contributed by atoms with Crippen molar-refractivity contribution in [3.8, 4) is 0 Å². The van der Waals surface area contributed by atoms with Crippen LogP contribution in [0.3, 0.4) is 0 Å². The molecule has 4 heterocycles. The van der Waals surface area contributed by atoms with Crippen molar-refractivity contribution in [1.82, 2.24) is 14.0 Å². The molecule has 0 spiro atoms. The molecule has 0 fully saturated rings. The molecule has 4 unspecified atom stereocenters. The van der Waals surface area contributed by atoms with E-state index in [4.69, 9.17) is 9.98 Å². The molecular formula is C42H36N6. The van der Waals surface area contributed by atoms with E-state index in [9.17, 15) is 0 Å². The van der Waals surface area contributed by atoms with Crippen LogP contribution in [0.2, 0.25) is 0 Å². The van der Waals surface area contributed by atoms with Crippen molar-refractivity contribution >= 4 is 56.4 Å². The fraction of sp³-hybridized carbons (Fsp3) is 0.190. The predicted molar refractivity (Wildman–Crippen MR) is 199 cm³/mol. The molecule has 4 aromatic carbocycles. The molecule has 4 aliphatic rings. The third-order valence-corrected chi connectivity index (χ3v) is 11.0. The summed E-state index contributed by atoms with van der Waals surface area (Å²) in [4.78, 5) is 16.0. The number of aliphatic imine (C=N–C) groups is 2. The highest BCUT2D eigenvalue weighted by molar-refractivity contribution is 6.12. The summed E-state index contributed by atoms with van der Waals surface area (Å²) < 4.78 is 4.75. The summed E-state index contributed by atoms with van der Waals surface area (Å²) in [6, 6.07) is 35.0. The van der Waals surface area contributed by atoms with Gasteiger partial charge in [0.25, 0.3) is 0 Å². The topological polar surface area (TPSA) is 41.1 Å². The minimum absolute atomic E-state index is 0.203. The van der Waals surface area contributed by atoms with Gasteiger partial charge in [-0.1, -0.05) is 116 Å². The maximum Gasteiger partial charge on any atom is 0.236 e. The first-order chi connectivity index (χ1) is 23.5. The van der Waals surface area contributed by atoms with E-state index >= 15 is 0 Å². The van der Waals surface area contributed by atoms with Crippen LogP contribution in [0, 0.1) is 0 Å². The van der Waals surface area contributed by atoms with Crippen LogP contribution >= 0.6 is 0 Å². The van der Waals surface area contributed by atoms with Gasteiger partial charge in [-0.05, 0) is 43.2 Å². The number of aromatic nitrogens is 2. The highest BCUT2D eigenvalue weighted by atomic mass is 15.5. The third kappa shape index (κ3) is 3.57. The highest BCUT2D eigenvalue weighted by Gasteiger charge is 2.50. The van der Waals surface area contributed by atoms with E-state index in [1.54, 1.807) is 0 Å². The molecule has 0 saturated heterocycles. The van der Waals surface area contributed by atoms with Gasteiger partial charge in [-0.2, -0.15) is 4.99 Å². The number of nitrogens with zero attached hydrogens (tertiary/aromatic N) is 6. The summed E-state index contributed by atoms with van der Waals surface area (Å²) in [5, 5.41) is 3.69. The third-order valence-electron chi connectivity index (χ3n) is 11.0. The van der Waals surface area contributed by atoms with E-state index in [0.29, 0.717) is 5.92 Å². The average Bonchev–Trinajstić information content (AvgIpc) is 3.73. The zero-order valence-corrected chi connectivity index (χ0v) is 27.3. The first-order valence-corrected chi connectivity index (χ1v) is 17.0. The van der Waals surface area contributed by atoms with Crippen LogP contribution < -0.4 is 4.90 Å². The van der Waals surface area contributed by atoms with Crippen molar-refractivity contribution in [2.24, 2.45) is 9.98 Å². The Morgan fingerprint density at radius 3 is 2.21 bits per heavy atom. The second-order valence-electron chi connectivity index (χ2n) is 13.7. The lowest BCUT2D eigenvalue weighted by Crippen LogP contribution is -2.56. The summed E-state index contributed by atoms with van der Waals surface area (Å²) in [6.45, 7) is 4.67. The number of benzene rings is 4. The molecule has 6 aromatic rings. The Hall–Kier alpha value is -5.62. The number of rotatable bonds is 1. The van der Waals surface area contributed by atoms with Crippen molar-refractivity contribution in [2.75, 3.05) is 11.9 Å². The number of guanidine groups is 1. The lowest BCUT2D eigenvalue weighted by atomic mass is 9.81. The molecule has 0 radical (unpaired) electrons. The van der Waals surface area contributed by atoms with Gasteiger partial charge in [0, 0.05) is 52.0 Å². The van der Waals surface area contributed by atoms with Crippen molar-refractivity contribution in [1.29, 1.82) is 0 Å². The molecule has 234 valence electrons. The summed E-state index contributed by atoms with van der Waals surface area (Å²) in [6.07, 6.45) is 14.2. The molecule has 10 rings (SSSR count). The molecule has 0 amide bonds. The number of allylic oxidation sites excluding steroid dienone is 3. The van der Waals surface area contributed by atoms with Gasteiger partial charge in [-0.15, -0.1) is 0 Å². The van der Waals surface area contributed by atoms with Crippen molar-refractivity contribution < 1.29 is 0 Å². The van der Waals surface area contributed by atoms with E-state index in [1.807, 2.05) is 0 Å². The quantitative estimate of drug-likeness (QED) is 0.183. The highest BCUT2D eigenvalue weighted by Crippen LogP contribution is 2.51. The Morgan fingerprint density at radius 2 is 1.44 bits per heavy atom. The van der Waals surface area contributed by atoms with Gasteiger partial charge < -0.3 is 14.4 Å². The van der Waals surface area contributed by atoms with Gasteiger partial charge in [0.1, 0.15) is 0 Å². The summed E-state index contributed by atoms with van der Waals surface area (Å²) in [7, 11) is 2.16. The van der Waals surface area contributed by atoms with Crippen LogP contribution in [-0.4, -0.2) is 38.5 Å². The van der Waals surface area contributed by atoms with Gasteiger partial charge in [0.2, 0.25) is 18.2 Å². The monoisotopic (exact) mass is 624 g/mol. The Morgan fingerprint density at radius 1 is 0.771 bits per heavy atom. The maximum absolute atomic E-state index is 5.64.